The molecule has 0 saturated carbocycles. The molecule has 0 unspecified atom stereocenters. The maximum absolute atomic E-state index is 5.42. The Morgan fingerprint density at radius 2 is 1.60 bits per heavy atom. The second-order valence-corrected chi connectivity index (χ2v) is 3.62. The molecule has 0 fully saturated rings. The first-order valence-electron chi connectivity index (χ1n) is 6.28. The lowest BCUT2D eigenvalue weighted by molar-refractivity contribution is 0.0513. The zero-order chi connectivity index (χ0) is 11.2. The number of nitrogens with one attached hydrogen (secondary N) is 1. The summed E-state index contributed by atoms with van der Waals surface area (Å²) in [5, 5.41) is 3.39. The van der Waals surface area contributed by atoms with Crippen LogP contribution in [0.15, 0.2) is 0 Å². The summed E-state index contributed by atoms with van der Waals surface area (Å²) in [6.07, 6.45) is 4.90. The molecule has 3 heteroatoms. The largest absolute Gasteiger partial charge is 0.379 e. The van der Waals surface area contributed by atoms with Crippen LogP contribution in [-0.4, -0.2) is 39.5 Å². The summed E-state index contributed by atoms with van der Waals surface area (Å²) in [5.41, 5.74) is 0. The van der Waals surface area contributed by atoms with E-state index >= 15 is 0 Å². The van der Waals surface area contributed by atoms with E-state index in [0.717, 1.165) is 39.5 Å². The topological polar surface area (TPSA) is 30.5 Å². The van der Waals surface area contributed by atoms with Crippen molar-refractivity contribution in [3.05, 3.63) is 0 Å². The van der Waals surface area contributed by atoms with E-state index in [1.807, 2.05) is 6.92 Å². The van der Waals surface area contributed by atoms with Crippen molar-refractivity contribution in [3.8, 4) is 0 Å². The van der Waals surface area contributed by atoms with Gasteiger partial charge >= 0.3 is 0 Å². The maximum atomic E-state index is 5.42. The van der Waals surface area contributed by atoms with Crippen LogP contribution in [0.5, 0.6) is 0 Å². The van der Waals surface area contributed by atoms with Crippen molar-refractivity contribution >= 4 is 0 Å². The normalized spacial score (nSPS) is 10.8. The number of hydrogen-bond acceptors (Lipinski definition) is 3. The van der Waals surface area contributed by atoms with Gasteiger partial charge in [-0.1, -0.05) is 6.92 Å². The zero-order valence-corrected chi connectivity index (χ0v) is 10.4. The van der Waals surface area contributed by atoms with E-state index in [9.17, 15) is 0 Å². The van der Waals surface area contributed by atoms with E-state index in [-0.39, 0.29) is 0 Å². The molecule has 0 aromatic carbocycles. The van der Waals surface area contributed by atoms with E-state index in [0.29, 0.717) is 0 Å². The molecule has 15 heavy (non-hydrogen) atoms. The van der Waals surface area contributed by atoms with Crippen molar-refractivity contribution < 1.29 is 9.47 Å². The van der Waals surface area contributed by atoms with Gasteiger partial charge in [-0.3, -0.25) is 0 Å². The summed E-state index contributed by atoms with van der Waals surface area (Å²) in [6, 6.07) is 0. The molecule has 0 rings (SSSR count). The monoisotopic (exact) mass is 217 g/mol. The fourth-order valence-corrected chi connectivity index (χ4v) is 1.30. The Morgan fingerprint density at radius 1 is 0.800 bits per heavy atom. The molecule has 1 N–H and O–H groups in total. The Balaban J connectivity index is 2.81. The van der Waals surface area contributed by atoms with Gasteiger partial charge in [-0.2, -0.15) is 0 Å². The van der Waals surface area contributed by atoms with Crippen molar-refractivity contribution in [3.63, 3.8) is 0 Å². The summed E-state index contributed by atoms with van der Waals surface area (Å²) in [7, 11) is 0. The van der Waals surface area contributed by atoms with Gasteiger partial charge in [0, 0.05) is 13.2 Å². The molecule has 0 saturated heterocycles. The van der Waals surface area contributed by atoms with Crippen LogP contribution in [0, 0.1) is 0 Å². The van der Waals surface area contributed by atoms with E-state index in [1.165, 1.54) is 25.7 Å². The van der Waals surface area contributed by atoms with Gasteiger partial charge in [-0.15, -0.1) is 0 Å². The van der Waals surface area contributed by atoms with Gasteiger partial charge < -0.3 is 14.8 Å². The molecule has 92 valence electrons. The van der Waals surface area contributed by atoms with Crippen LogP contribution in [0.25, 0.3) is 0 Å². The smallest absolute Gasteiger partial charge is 0.0700 e. The molecule has 0 amide bonds. The van der Waals surface area contributed by atoms with Gasteiger partial charge in [0.25, 0.3) is 0 Å². The Hall–Kier alpha value is -0.120. The molecule has 0 aromatic heterocycles. The minimum atomic E-state index is 0.731. The average molecular weight is 217 g/mol. The van der Waals surface area contributed by atoms with E-state index < -0.39 is 0 Å². The van der Waals surface area contributed by atoms with E-state index in [4.69, 9.17) is 9.47 Å². The fourth-order valence-electron chi connectivity index (χ4n) is 1.30. The second kappa shape index (κ2) is 13.9. The lowest BCUT2D eigenvalue weighted by Crippen LogP contribution is -2.15. The second-order valence-electron chi connectivity index (χ2n) is 3.62. The number of hydrogen-bond donors (Lipinski definition) is 1. The highest BCUT2D eigenvalue weighted by molar-refractivity contribution is 4.47. The SMILES string of the molecule is CCCNCCCCCOCCOCC. The molecule has 0 radical (unpaired) electrons. The first-order chi connectivity index (χ1) is 7.41. The predicted octanol–water partition coefficient (Wildman–Crippen LogP) is 2.21. The molecule has 0 aliphatic rings. The lowest BCUT2D eigenvalue weighted by Gasteiger charge is -2.05. The zero-order valence-electron chi connectivity index (χ0n) is 10.4. The molecular formula is C12H27NO2. The molecule has 0 heterocycles. The minimum Gasteiger partial charge on any atom is -0.379 e. The van der Waals surface area contributed by atoms with Crippen LogP contribution in [0.3, 0.4) is 0 Å². The van der Waals surface area contributed by atoms with Gasteiger partial charge in [0.05, 0.1) is 13.2 Å². The van der Waals surface area contributed by atoms with Crippen LogP contribution in [0.4, 0.5) is 0 Å². The van der Waals surface area contributed by atoms with Crippen LogP contribution in [0.1, 0.15) is 39.5 Å². The molecular weight excluding hydrogens is 190 g/mol. The van der Waals surface area contributed by atoms with Gasteiger partial charge in [0.1, 0.15) is 0 Å². The highest BCUT2D eigenvalue weighted by atomic mass is 16.5. The molecule has 0 aliphatic heterocycles. The molecule has 0 aliphatic carbocycles. The Bertz CT molecular complexity index is 97.8. The van der Waals surface area contributed by atoms with Crippen molar-refractivity contribution in [1.82, 2.24) is 5.32 Å². The molecule has 0 spiro atoms. The van der Waals surface area contributed by atoms with Gasteiger partial charge in [-0.05, 0) is 45.7 Å². The van der Waals surface area contributed by atoms with E-state index in [2.05, 4.69) is 12.2 Å². The summed E-state index contributed by atoms with van der Waals surface area (Å²) in [5.74, 6) is 0. The molecule has 3 nitrogen and oxygen atoms in total. The molecule has 0 aromatic rings. The summed E-state index contributed by atoms with van der Waals surface area (Å²) in [6.45, 7) is 9.62. The van der Waals surface area contributed by atoms with Crippen molar-refractivity contribution in [1.29, 1.82) is 0 Å². The van der Waals surface area contributed by atoms with Gasteiger partial charge in [-0.25, -0.2) is 0 Å². The number of unbranched alkanes of at least 4 members (excludes halogenated alkanes) is 2. The third kappa shape index (κ3) is 13.9. The van der Waals surface area contributed by atoms with Crippen molar-refractivity contribution in [2.45, 2.75) is 39.5 Å². The van der Waals surface area contributed by atoms with Crippen LogP contribution >= 0.6 is 0 Å². The third-order valence-electron chi connectivity index (χ3n) is 2.15. The maximum Gasteiger partial charge on any atom is 0.0700 e. The molecule has 0 atom stereocenters. The van der Waals surface area contributed by atoms with Crippen molar-refractivity contribution in [2.24, 2.45) is 0 Å². The highest BCUT2D eigenvalue weighted by Crippen LogP contribution is 1.94. The standard InChI is InChI=1S/C12H27NO2/c1-3-8-13-9-6-5-7-10-15-12-11-14-4-2/h13H,3-12H2,1-2H3. The Kier molecular flexibility index (Phi) is 13.8. The summed E-state index contributed by atoms with van der Waals surface area (Å²) < 4.78 is 10.6. The third-order valence-corrected chi connectivity index (χ3v) is 2.15. The summed E-state index contributed by atoms with van der Waals surface area (Å²) in [4.78, 5) is 0. The number of ether oxygens (including phenoxy) is 2. The first kappa shape index (κ1) is 14.9. The number of rotatable bonds is 12. The highest BCUT2D eigenvalue weighted by Gasteiger charge is 1.91. The van der Waals surface area contributed by atoms with Crippen molar-refractivity contribution in [2.75, 3.05) is 39.5 Å². The molecule has 0 bridgehead atoms. The Labute approximate surface area is 94.5 Å². The van der Waals surface area contributed by atoms with Crippen LogP contribution < -0.4 is 5.32 Å². The first-order valence-corrected chi connectivity index (χ1v) is 6.28. The summed E-state index contributed by atoms with van der Waals surface area (Å²) >= 11 is 0. The fraction of sp³-hybridized carbons (Fsp3) is 1.00. The van der Waals surface area contributed by atoms with Crippen LogP contribution in [0.2, 0.25) is 0 Å². The Morgan fingerprint density at radius 3 is 2.33 bits per heavy atom. The quantitative estimate of drug-likeness (QED) is 0.508. The van der Waals surface area contributed by atoms with Crippen LogP contribution in [-0.2, 0) is 9.47 Å². The minimum absolute atomic E-state index is 0.731. The average Bonchev–Trinajstić information content (AvgIpc) is 2.26. The predicted molar refractivity (Wildman–Crippen MR) is 64.3 cm³/mol. The van der Waals surface area contributed by atoms with Gasteiger partial charge in [0.15, 0.2) is 0 Å². The lowest BCUT2D eigenvalue weighted by atomic mass is 10.2. The van der Waals surface area contributed by atoms with E-state index in [1.54, 1.807) is 0 Å². The van der Waals surface area contributed by atoms with Gasteiger partial charge in [0.2, 0.25) is 0 Å².